The molecule has 0 spiro atoms. The molecule has 0 aromatic heterocycles. The molecule has 0 heterocycles. The average Bonchev–Trinajstić information content (AvgIpc) is 2.28. The first-order valence-corrected chi connectivity index (χ1v) is 5.23. The predicted molar refractivity (Wildman–Crippen MR) is 59.9 cm³/mol. The van der Waals surface area contributed by atoms with E-state index in [4.69, 9.17) is 4.74 Å². The zero-order chi connectivity index (χ0) is 12.0. The first-order valence-electron chi connectivity index (χ1n) is 5.23. The quantitative estimate of drug-likeness (QED) is 0.779. The van der Waals surface area contributed by atoms with Crippen LogP contribution in [0.5, 0.6) is 5.75 Å². The molecule has 1 aromatic carbocycles. The summed E-state index contributed by atoms with van der Waals surface area (Å²) in [5, 5.41) is 2.53. The minimum absolute atomic E-state index is 0.0151. The highest BCUT2D eigenvalue weighted by atomic mass is 19.1. The lowest BCUT2D eigenvalue weighted by Gasteiger charge is -2.06. The van der Waals surface area contributed by atoms with Crippen LogP contribution in [0.3, 0.4) is 0 Å². The molecule has 1 aromatic rings. The number of amides is 1. The molecule has 0 saturated carbocycles. The summed E-state index contributed by atoms with van der Waals surface area (Å²) in [5.74, 6) is 0.211. The number of aryl methyl sites for hydroxylation is 1. The van der Waals surface area contributed by atoms with Crippen molar-refractivity contribution in [2.24, 2.45) is 0 Å². The Hall–Kier alpha value is -1.58. The van der Waals surface area contributed by atoms with E-state index in [1.807, 2.05) is 0 Å². The number of benzene rings is 1. The van der Waals surface area contributed by atoms with Crippen molar-refractivity contribution in [1.29, 1.82) is 0 Å². The van der Waals surface area contributed by atoms with Crippen molar-refractivity contribution in [3.63, 3.8) is 0 Å². The maximum absolute atomic E-state index is 13.1. The van der Waals surface area contributed by atoms with E-state index >= 15 is 0 Å². The monoisotopic (exact) mass is 225 g/mol. The van der Waals surface area contributed by atoms with Gasteiger partial charge in [-0.2, -0.15) is 0 Å². The van der Waals surface area contributed by atoms with Crippen LogP contribution in [0.15, 0.2) is 18.2 Å². The van der Waals surface area contributed by atoms with Crippen molar-refractivity contribution in [2.45, 2.75) is 19.8 Å². The lowest BCUT2D eigenvalue weighted by atomic mass is 10.2. The van der Waals surface area contributed by atoms with Gasteiger partial charge < -0.3 is 10.1 Å². The Balaban J connectivity index is 2.32. The fourth-order valence-electron chi connectivity index (χ4n) is 1.21. The van der Waals surface area contributed by atoms with Crippen LogP contribution in [0, 0.1) is 12.7 Å². The van der Waals surface area contributed by atoms with Crippen molar-refractivity contribution in [3.8, 4) is 5.75 Å². The molecular formula is C12H16FNO2. The molecule has 0 aliphatic carbocycles. The van der Waals surface area contributed by atoms with Crippen LogP contribution in [0.4, 0.5) is 4.39 Å². The van der Waals surface area contributed by atoms with E-state index in [1.165, 1.54) is 6.07 Å². The summed E-state index contributed by atoms with van der Waals surface area (Å²) in [4.78, 5) is 10.9. The van der Waals surface area contributed by atoms with Crippen molar-refractivity contribution >= 4 is 5.91 Å². The number of carbonyl (C=O) groups excluding carboxylic acids is 1. The standard InChI is InChI=1S/C12H16FNO2/c1-9-5-6-10(8-11(9)13)16-7-3-4-12(15)14-2/h5-6,8H,3-4,7H2,1-2H3,(H,14,15). The Kier molecular flexibility index (Phi) is 4.76. The summed E-state index contributed by atoms with van der Waals surface area (Å²) in [7, 11) is 1.60. The fraction of sp³-hybridized carbons (Fsp3) is 0.417. The molecule has 0 saturated heterocycles. The molecule has 3 nitrogen and oxygen atoms in total. The molecule has 0 radical (unpaired) electrons. The van der Waals surface area contributed by atoms with Gasteiger partial charge in [0.15, 0.2) is 0 Å². The zero-order valence-electron chi connectivity index (χ0n) is 9.55. The van der Waals surface area contributed by atoms with Crippen LogP contribution in [0.2, 0.25) is 0 Å². The molecule has 0 aliphatic heterocycles. The summed E-state index contributed by atoms with van der Waals surface area (Å²) in [5.41, 5.74) is 0.595. The fourth-order valence-corrected chi connectivity index (χ4v) is 1.21. The molecule has 16 heavy (non-hydrogen) atoms. The van der Waals surface area contributed by atoms with Crippen LogP contribution < -0.4 is 10.1 Å². The second-order valence-corrected chi connectivity index (χ2v) is 3.54. The zero-order valence-corrected chi connectivity index (χ0v) is 9.55. The van der Waals surface area contributed by atoms with Gasteiger partial charge in [0.1, 0.15) is 11.6 Å². The number of nitrogens with one attached hydrogen (secondary N) is 1. The van der Waals surface area contributed by atoms with Crippen LogP contribution >= 0.6 is 0 Å². The summed E-state index contributed by atoms with van der Waals surface area (Å²) in [6.07, 6.45) is 1.04. The van der Waals surface area contributed by atoms with E-state index in [-0.39, 0.29) is 11.7 Å². The number of rotatable bonds is 5. The predicted octanol–water partition coefficient (Wildman–Crippen LogP) is 2.04. The Labute approximate surface area is 94.6 Å². The van der Waals surface area contributed by atoms with E-state index < -0.39 is 0 Å². The van der Waals surface area contributed by atoms with Gasteiger partial charge in [0, 0.05) is 19.5 Å². The van der Waals surface area contributed by atoms with Crippen LogP contribution in [0.1, 0.15) is 18.4 Å². The van der Waals surface area contributed by atoms with Crippen LogP contribution in [0.25, 0.3) is 0 Å². The maximum Gasteiger partial charge on any atom is 0.219 e. The van der Waals surface area contributed by atoms with Gasteiger partial charge in [0.25, 0.3) is 0 Å². The Morgan fingerprint density at radius 2 is 2.25 bits per heavy atom. The SMILES string of the molecule is CNC(=O)CCCOc1ccc(C)c(F)c1. The molecule has 1 N–H and O–H groups in total. The highest BCUT2D eigenvalue weighted by molar-refractivity contribution is 5.75. The van der Waals surface area contributed by atoms with Crippen molar-refractivity contribution in [2.75, 3.05) is 13.7 Å². The number of halogens is 1. The van der Waals surface area contributed by atoms with E-state index in [0.29, 0.717) is 30.8 Å². The average molecular weight is 225 g/mol. The number of hydrogen-bond acceptors (Lipinski definition) is 2. The molecular weight excluding hydrogens is 209 g/mol. The summed E-state index contributed by atoms with van der Waals surface area (Å²) in [6, 6.07) is 4.75. The number of carbonyl (C=O) groups is 1. The molecule has 0 aliphatic rings. The van der Waals surface area contributed by atoms with E-state index in [2.05, 4.69) is 5.32 Å². The van der Waals surface area contributed by atoms with Gasteiger partial charge in [0.05, 0.1) is 6.61 Å². The van der Waals surface area contributed by atoms with Crippen molar-refractivity contribution < 1.29 is 13.9 Å². The van der Waals surface area contributed by atoms with Gasteiger partial charge in [-0.3, -0.25) is 4.79 Å². The highest BCUT2D eigenvalue weighted by Crippen LogP contribution is 2.15. The van der Waals surface area contributed by atoms with E-state index in [0.717, 1.165) is 0 Å². The summed E-state index contributed by atoms with van der Waals surface area (Å²) < 4.78 is 18.4. The topological polar surface area (TPSA) is 38.3 Å². The molecule has 88 valence electrons. The minimum Gasteiger partial charge on any atom is -0.493 e. The Morgan fingerprint density at radius 3 is 2.88 bits per heavy atom. The molecule has 0 bridgehead atoms. The van der Waals surface area contributed by atoms with Gasteiger partial charge >= 0.3 is 0 Å². The first-order chi connectivity index (χ1) is 7.63. The second kappa shape index (κ2) is 6.10. The lowest BCUT2D eigenvalue weighted by molar-refractivity contribution is -0.120. The third-order valence-electron chi connectivity index (χ3n) is 2.24. The number of hydrogen-bond donors (Lipinski definition) is 1. The van der Waals surface area contributed by atoms with Gasteiger partial charge in [0.2, 0.25) is 5.91 Å². The Bertz CT molecular complexity index is 366. The second-order valence-electron chi connectivity index (χ2n) is 3.54. The third-order valence-corrected chi connectivity index (χ3v) is 2.24. The van der Waals surface area contributed by atoms with E-state index in [9.17, 15) is 9.18 Å². The normalized spacial score (nSPS) is 9.94. The summed E-state index contributed by atoms with van der Waals surface area (Å²) in [6.45, 7) is 2.11. The van der Waals surface area contributed by atoms with Crippen LogP contribution in [-0.2, 0) is 4.79 Å². The lowest BCUT2D eigenvalue weighted by Crippen LogP contribution is -2.18. The molecule has 0 fully saturated rings. The number of ether oxygens (including phenoxy) is 1. The Morgan fingerprint density at radius 1 is 1.50 bits per heavy atom. The molecule has 0 atom stereocenters. The molecule has 0 unspecified atom stereocenters. The molecule has 1 amide bonds. The molecule has 4 heteroatoms. The van der Waals surface area contributed by atoms with Crippen molar-refractivity contribution in [1.82, 2.24) is 5.32 Å². The molecule has 1 rings (SSSR count). The van der Waals surface area contributed by atoms with Gasteiger partial charge in [-0.25, -0.2) is 4.39 Å². The van der Waals surface area contributed by atoms with Crippen molar-refractivity contribution in [3.05, 3.63) is 29.6 Å². The summed E-state index contributed by atoms with van der Waals surface area (Å²) >= 11 is 0. The third kappa shape index (κ3) is 3.88. The highest BCUT2D eigenvalue weighted by Gasteiger charge is 2.01. The van der Waals surface area contributed by atoms with Gasteiger partial charge in [-0.05, 0) is 25.0 Å². The largest absolute Gasteiger partial charge is 0.493 e. The van der Waals surface area contributed by atoms with Crippen LogP contribution in [-0.4, -0.2) is 19.6 Å². The smallest absolute Gasteiger partial charge is 0.219 e. The van der Waals surface area contributed by atoms with E-state index in [1.54, 1.807) is 26.1 Å². The maximum atomic E-state index is 13.1. The first kappa shape index (κ1) is 12.5. The minimum atomic E-state index is -0.274. The van der Waals surface area contributed by atoms with Gasteiger partial charge in [-0.15, -0.1) is 0 Å². The van der Waals surface area contributed by atoms with Gasteiger partial charge in [-0.1, -0.05) is 6.07 Å².